The fraction of sp³-hybridized carbons (Fsp3) is 0.429. The van der Waals surface area contributed by atoms with Crippen LogP contribution < -0.4 is 5.73 Å². The van der Waals surface area contributed by atoms with Crippen molar-refractivity contribution in [3.8, 4) is 11.3 Å². The van der Waals surface area contributed by atoms with Crippen molar-refractivity contribution < 1.29 is 10.2 Å². The number of aliphatic imine (C=N–C) groups is 1. The largest absolute Gasteiger partial charge is 0.404 e. The van der Waals surface area contributed by atoms with E-state index < -0.39 is 6.10 Å². The lowest BCUT2D eigenvalue weighted by Crippen LogP contribution is -2.12. The van der Waals surface area contributed by atoms with Crippen LogP contribution in [0, 0.1) is 0 Å². The average Bonchev–Trinajstić information content (AvgIpc) is 3.41. The molecule has 0 aliphatic carbocycles. The maximum Gasteiger partial charge on any atom is 0.0999 e. The highest BCUT2D eigenvalue weighted by Gasteiger charge is 2.15. The lowest BCUT2D eigenvalue weighted by Gasteiger charge is -2.12. The number of hydrogen-bond donors (Lipinski definition) is 3. The van der Waals surface area contributed by atoms with Crippen molar-refractivity contribution in [3.63, 3.8) is 0 Å². The van der Waals surface area contributed by atoms with Gasteiger partial charge >= 0.3 is 0 Å². The van der Waals surface area contributed by atoms with Gasteiger partial charge in [-0.05, 0) is 25.3 Å². The zero-order valence-electron chi connectivity index (χ0n) is 17.4. The van der Waals surface area contributed by atoms with Crippen molar-refractivity contribution in [2.45, 2.75) is 45.3 Å². The van der Waals surface area contributed by atoms with Gasteiger partial charge in [-0.1, -0.05) is 13.8 Å². The standard InChI is InChI=1S/C21H29N7O2/c1-3-17(4-2)27-13-16(11-25-27)21-20-5-7-24-28(20)14-19(26-21)15(9-22)10-23-12-18(30)6-8-29/h5,7,9-11,13-14,17-18,29-30H,3-4,6,8,12,22H2,1-2H3. The van der Waals surface area contributed by atoms with Gasteiger partial charge in [0.1, 0.15) is 0 Å². The summed E-state index contributed by atoms with van der Waals surface area (Å²) < 4.78 is 3.74. The van der Waals surface area contributed by atoms with Crippen LogP contribution in [-0.2, 0) is 0 Å². The van der Waals surface area contributed by atoms with Crippen LogP contribution in [0.15, 0.2) is 42.0 Å². The Morgan fingerprint density at radius 2 is 2.07 bits per heavy atom. The summed E-state index contributed by atoms with van der Waals surface area (Å²) in [6.07, 6.45) is 12.0. The molecule has 3 rings (SSSR count). The minimum absolute atomic E-state index is 0.0816. The second-order valence-corrected chi connectivity index (χ2v) is 7.10. The van der Waals surface area contributed by atoms with Gasteiger partial charge in [-0.25, -0.2) is 9.50 Å². The number of nitrogens with zero attached hydrogens (tertiary/aromatic N) is 6. The summed E-state index contributed by atoms with van der Waals surface area (Å²) in [5.41, 5.74) is 9.58. The third kappa shape index (κ3) is 4.74. The summed E-state index contributed by atoms with van der Waals surface area (Å²) >= 11 is 0. The van der Waals surface area contributed by atoms with E-state index in [1.54, 1.807) is 23.1 Å². The van der Waals surface area contributed by atoms with Crippen molar-refractivity contribution in [1.29, 1.82) is 0 Å². The number of rotatable bonds is 10. The van der Waals surface area contributed by atoms with Crippen LogP contribution in [0.4, 0.5) is 0 Å². The SMILES string of the molecule is CCC(CC)n1cc(-c2nc(C(C=NCC(O)CCO)=CN)cn3nccc23)cn1. The molecule has 9 nitrogen and oxygen atoms in total. The van der Waals surface area contributed by atoms with Gasteiger partial charge in [0.05, 0.1) is 54.2 Å². The maximum absolute atomic E-state index is 9.74. The molecule has 3 heterocycles. The first-order chi connectivity index (χ1) is 14.6. The summed E-state index contributed by atoms with van der Waals surface area (Å²) in [4.78, 5) is 9.05. The molecule has 3 aromatic heterocycles. The molecule has 1 unspecified atom stereocenters. The molecule has 0 amide bonds. The van der Waals surface area contributed by atoms with Crippen molar-refractivity contribution in [3.05, 3.63) is 42.7 Å². The Hall–Kier alpha value is -3.04. The predicted octanol–water partition coefficient (Wildman–Crippen LogP) is 2.07. The van der Waals surface area contributed by atoms with Crippen molar-refractivity contribution in [2.24, 2.45) is 10.7 Å². The van der Waals surface area contributed by atoms with E-state index in [9.17, 15) is 5.11 Å². The monoisotopic (exact) mass is 411 g/mol. The highest BCUT2D eigenvalue weighted by molar-refractivity contribution is 6.09. The molecule has 0 aliphatic rings. The highest BCUT2D eigenvalue weighted by Crippen LogP contribution is 2.26. The van der Waals surface area contributed by atoms with E-state index >= 15 is 0 Å². The van der Waals surface area contributed by atoms with E-state index in [-0.39, 0.29) is 19.6 Å². The molecule has 0 saturated heterocycles. The first-order valence-electron chi connectivity index (χ1n) is 10.2. The maximum atomic E-state index is 9.74. The molecule has 0 saturated carbocycles. The topological polar surface area (TPSA) is 127 Å². The number of nitrogens with two attached hydrogens (primary N) is 1. The molecule has 0 radical (unpaired) electrons. The summed E-state index contributed by atoms with van der Waals surface area (Å²) in [7, 11) is 0. The van der Waals surface area contributed by atoms with Crippen molar-refractivity contribution >= 4 is 17.3 Å². The van der Waals surface area contributed by atoms with Crippen LogP contribution in [0.3, 0.4) is 0 Å². The van der Waals surface area contributed by atoms with Crippen LogP contribution in [0.5, 0.6) is 0 Å². The minimum atomic E-state index is -0.696. The second kappa shape index (κ2) is 10.1. The molecule has 0 fully saturated rings. The Kier molecular flexibility index (Phi) is 7.31. The van der Waals surface area contributed by atoms with Crippen molar-refractivity contribution in [2.75, 3.05) is 13.2 Å². The lowest BCUT2D eigenvalue weighted by molar-refractivity contribution is 0.140. The summed E-state index contributed by atoms with van der Waals surface area (Å²) in [6, 6.07) is 2.26. The normalized spacial score (nSPS) is 13.7. The Labute approximate surface area is 175 Å². The van der Waals surface area contributed by atoms with Crippen LogP contribution >= 0.6 is 0 Å². The summed E-state index contributed by atoms with van der Waals surface area (Å²) in [5.74, 6) is 0. The molecular weight excluding hydrogens is 382 g/mol. The van der Waals surface area contributed by atoms with Crippen LogP contribution in [0.2, 0.25) is 0 Å². The minimum Gasteiger partial charge on any atom is -0.404 e. The predicted molar refractivity (Wildman–Crippen MR) is 117 cm³/mol. The number of aliphatic hydroxyl groups is 2. The van der Waals surface area contributed by atoms with Gasteiger partial charge in [0.2, 0.25) is 0 Å². The van der Waals surface area contributed by atoms with E-state index in [4.69, 9.17) is 15.8 Å². The molecular formula is C21H29N7O2. The molecule has 3 aromatic rings. The third-order valence-electron chi connectivity index (χ3n) is 5.07. The first kappa shape index (κ1) is 21.7. The van der Waals surface area contributed by atoms with Crippen LogP contribution in [0.25, 0.3) is 22.3 Å². The Balaban J connectivity index is 1.95. The number of aromatic nitrogens is 5. The van der Waals surface area contributed by atoms with E-state index in [1.807, 2.05) is 23.1 Å². The van der Waals surface area contributed by atoms with Gasteiger partial charge in [0.25, 0.3) is 0 Å². The number of fused-ring (bicyclic) bond motifs is 1. The van der Waals surface area contributed by atoms with Crippen LogP contribution in [0.1, 0.15) is 44.8 Å². The van der Waals surface area contributed by atoms with Gasteiger partial charge in [-0.2, -0.15) is 10.2 Å². The Morgan fingerprint density at radius 3 is 2.77 bits per heavy atom. The fourth-order valence-corrected chi connectivity index (χ4v) is 3.31. The molecule has 0 bridgehead atoms. The third-order valence-corrected chi connectivity index (χ3v) is 5.07. The average molecular weight is 412 g/mol. The van der Waals surface area contributed by atoms with Gasteiger partial charge in [-0.15, -0.1) is 0 Å². The molecule has 9 heteroatoms. The Morgan fingerprint density at radius 1 is 1.27 bits per heavy atom. The van der Waals surface area contributed by atoms with Gasteiger partial charge < -0.3 is 15.9 Å². The van der Waals surface area contributed by atoms with E-state index in [1.165, 1.54) is 6.20 Å². The number of aliphatic hydroxyl groups excluding tert-OH is 2. The molecule has 1 atom stereocenters. The smallest absolute Gasteiger partial charge is 0.0999 e. The number of hydrogen-bond acceptors (Lipinski definition) is 7. The van der Waals surface area contributed by atoms with E-state index in [2.05, 4.69) is 29.0 Å². The summed E-state index contributed by atoms with van der Waals surface area (Å²) in [6.45, 7) is 4.40. The van der Waals surface area contributed by atoms with Gasteiger partial charge in [-0.3, -0.25) is 9.67 Å². The molecule has 160 valence electrons. The van der Waals surface area contributed by atoms with Crippen molar-refractivity contribution in [1.82, 2.24) is 24.4 Å². The van der Waals surface area contributed by atoms with Gasteiger partial charge in [0.15, 0.2) is 0 Å². The van der Waals surface area contributed by atoms with E-state index in [0.717, 1.165) is 29.6 Å². The highest BCUT2D eigenvalue weighted by atomic mass is 16.3. The number of allylic oxidation sites excluding steroid dienone is 1. The first-order valence-corrected chi connectivity index (χ1v) is 10.2. The molecule has 0 aromatic carbocycles. The summed E-state index contributed by atoms with van der Waals surface area (Å²) in [5, 5.41) is 27.5. The second-order valence-electron chi connectivity index (χ2n) is 7.10. The van der Waals surface area contributed by atoms with Crippen LogP contribution in [-0.4, -0.2) is 60.1 Å². The zero-order valence-corrected chi connectivity index (χ0v) is 17.4. The van der Waals surface area contributed by atoms with Gasteiger partial charge in [0, 0.05) is 36.4 Å². The quantitative estimate of drug-likeness (QED) is 0.438. The molecule has 4 N–H and O–H groups in total. The molecule has 30 heavy (non-hydrogen) atoms. The Bertz CT molecular complexity index is 1020. The lowest BCUT2D eigenvalue weighted by atomic mass is 10.1. The fourth-order valence-electron chi connectivity index (χ4n) is 3.31. The van der Waals surface area contributed by atoms with E-state index in [0.29, 0.717) is 17.3 Å². The zero-order chi connectivity index (χ0) is 21.5. The molecule has 0 spiro atoms. The molecule has 0 aliphatic heterocycles.